The normalized spacial score (nSPS) is 20.9. The fourth-order valence-corrected chi connectivity index (χ4v) is 2.85. The predicted octanol–water partition coefficient (Wildman–Crippen LogP) is 3.14. The molecule has 0 amide bonds. The zero-order valence-corrected chi connectivity index (χ0v) is 10.7. The van der Waals surface area contributed by atoms with Gasteiger partial charge in [0.15, 0.2) is 0 Å². The fourth-order valence-electron chi connectivity index (χ4n) is 2.32. The number of rotatable bonds is 3. The van der Waals surface area contributed by atoms with E-state index in [-0.39, 0.29) is 0 Å². The van der Waals surface area contributed by atoms with Gasteiger partial charge in [-0.3, -0.25) is 0 Å². The van der Waals surface area contributed by atoms with E-state index in [1.807, 2.05) is 12.3 Å². The Morgan fingerprint density at radius 2 is 2.47 bits per heavy atom. The van der Waals surface area contributed by atoms with Crippen molar-refractivity contribution >= 4 is 21.7 Å². The first-order chi connectivity index (χ1) is 7.33. The minimum atomic E-state index is 0.679. The van der Waals surface area contributed by atoms with Crippen LogP contribution in [0.3, 0.4) is 0 Å². The number of aryl methyl sites for hydroxylation is 1. The largest absolute Gasteiger partial charge is 0.353 e. The highest BCUT2D eigenvalue weighted by molar-refractivity contribution is 9.09. The molecule has 0 radical (unpaired) electrons. The topological polar surface area (TPSA) is 16.1 Å². The van der Waals surface area contributed by atoms with Gasteiger partial charge < -0.3 is 4.90 Å². The summed E-state index contributed by atoms with van der Waals surface area (Å²) in [4.78, 5) is 6.97. The van der Waals surface area contributed by atoms with Gasteiger partial charge in [0.05, 0.1) is 0 Å². The molecule has 3 heteroatoms. The maximum Gasteiger partial charge on any atom is 0.131 e. The van der Waals surface area contributed by atoms with Gasteiger partial charge in [0.2, 0.25) is 0 Å². The molecule has 15 heavy (non-hydrogen) atoms. The number of pyridine rings is 1. The molecule has 1 aliphatic heterocycles. The third kappa shape index (κ3) is 2.33. The van der Waals surface area contributed by atoms with Crippen molar-refractivity contribution in [2.75, 3.05) is 16.8 Å². The molecule has 0 aromatic carbocycles. The summed E-state index contributed by atoms with van der Waals surface area (Å²) in [6, 6.07) is 4.83. The van der Waals surface area contributed by atoms with Crippen molar-refractivity contribution in [3.05, 3.63) is 23.9 Å². The van der Waals surface area contributed by atoms with Crippen molar-refractivity contribution in [3.63, 3.8) is 0 Å². The summed E-state index contributed by atoms with van der Waals surface area (Å²) in [6.07, 6.45) is 5.72. The van der Waals surface area contributed by atoms with E-state index < -0.39 is 0 Å². The number of hydrogen-bond donors (Lipinski definition) is 0. The van der Waals surface area contributed by atoms with Gasteiger partial charge in [-0.1, -0.05) is 22.0 Å². The molecule has 2 rings (SSSR count). The van der Waals surface area contributed by atoms with E-state index in [1.165, 1.54) is 30.6 Å². The smallest absolute Gasteiger partial charge is 0.131 e. The molecule has 0 saturated carbocycles. The summed E-state index contributed by atoms with van der Waals surface area (Å²) in [6.45, 7) is 3.31. The average molecular weight is 269 g/mol. The van der Waals surface area contributed by atoms with Crippen LogP contribution in [0.4, 0.5) is 5.82 Å². The Labute approximate surface area is 99.8 Å². The van der Waals surface area contributed by atoms with Crippen LogP contribution in [0.1, 0.15) is 24.8 Å². The van der Waals surface area contributed by atoms with Crippen molar-refractivity contribution in [2.24, 2.45) is 0 Å². The van der Waals surface area contributed by atoms with Gasteiger partial charge in [0.1, 0.15) is 5.82 Å². The standard InChI is InChI=1S/C12H17BrN2/c1-10-4-2-8-14-12(10)15-9-3-5-11(15)6-7-13/h2,4,8,11H,3,5-7,9H2,1H3. The second kappa shape index (κ2) is 4.97. The molecule has 1 aromatic rings. The Balaban J connectivity index is 2.19. The Hall–Kier alpha value is -0.570. The van der Waals surface area contributed by atoms with E-state index in [0.29, 0.717) is 6.04 Å². The lowest BCUT2D eigenvalue weighted by atomic mass is 10.1. The van der Waals surface area contributed by atoms with Crippen LogP contribution >= 0.6 is 15.9 Å². The second-order valence-corrected chi connectivity index (χ2v) is 4.90. The number of halogens is 1. The van der Waals surface area contributed by atoms with Crippen LogP contribution in [-0.4, -0.2) is 22.9 Å². The lowest BCUT2D eigenvalue weighted by Crippen LogP contribution is -2.30. The molecule has 0 aliphatic carbocycles. The van der Waals surface area contributed by atoms with Crippen LogP contribution in [0.5, 0.6) is 0 Å². The van der Waals surface area contributed by atoms with Crippen LogP contribution in [0, 0.1) is 6.92 Å². The summed E-state index contributed by atoms with van der Waals surface area (Å²) in [7, 11) is 0. The molecule has 82 valence electrons. The van der Waals surface area contributed by atoms with Crippen molar-refractivity contribution < 1.29 is 0 Å². The molecular weight excluding hydrogens is 252 g/mol. The lowest BCUT2D eigenvalue weighted by molar-refractivity contribution is 0.646. The first kappa shape index (κ1) is 10.9. The van der Waals surface area contributed by atoms with Crippen molar-refractivity contribution in [2.45, 2.75) is 32.2 Å². The van der Waals surface area contributed by atoms with Crippen LogP contribution < -0.4 is 4.90 Å². The Kier molecular flexibility index (Phi) is 3.62. The first-order valence-electron chi connectivity index (χ1n) is 5.57. The SMILES string of the molecule is Cc1cccnc1N1CCCC1CCBr. The van der Waals surface area contributed by atoms with Crippen LogP contribution in [0.15, 0.2) is 18.3 Å². The number of nitrogens with zero attached hydrogens (tertiary/aromatic N) is 2. The van der Waals surface area contributed by atoms with Gasteiger partial charge in [-0.05, 0) is 37.8 Å². The maximum atomic E-state index is 4.50. The van der Waals surface area contributed by atoms with E-state index in [9.17, 15) is 0 Å². The maximum absolute atomic E-state index is 4.50. The van der Waals surface area contributed by atoms with Gasteiger partial charge in [-0.15, -0.1) is 0 Å². The molecule has 2 nitrogen and oxygen atoms in total. The molecule has 1 unspecified atom stereocenters. The second-order valence-electron chi connectivity index (χ2n) is 4.11. The van der Waals surface area contributed by atoms with Crippen molar-refractivity contribution in [3.8, 4) is 0 Å². The summed E-state index contributed by atoms with van der Waals surface area (Å²) >= 11 is 3.53. The van der Waals surface area contributed by atoms with Gasteiger partial charge in [-0.2, -0.15) is 0 Å². The highest BCUT2D eigenvalue weighted by Crippen LogP contribution is 2.28. The summed E-state index contributed by atoms with van der Waals surface area (Å²) in [5.41, 5.74) is 1.29. The van der Waals surface area contributed by atoms with Crippen LogP contribution in [0.25, 0.3) is 0 Å². The molecular formula is C12H17BrN2. The van der Waals surface area contributed by atoms with E-state index in [2.05, 4.69) is 38.8 Å². The first-order valence-corrected chi connectivity index (χ1v) is 6.69. The van der Waals surface area contributed by atoms with Gasteiger partial charge in [0, 0.05) is 24.1 Å². The summed E-state index contributed by atoms with van der Waals surface area (Å²) in [5, 5.41) is 1.08. The Bertz CT molecular complexity index is 327. The van der Waals surface area contributed by atoms with Gasteiger partial charge in [0.25, 0.3) is 0 Å². The molecule has 1 aliphatic rings. The molecule has 0 bridgehead atoms. The Morgan fingerprint density at radius 3 is 3.20 bits per heavy atom. The van der Waals surface area contributed by atoms with E-state index in [4.69, 9.17) is 0 Å². The third-order valence-electron chi connectivity index (χ3n) is 3.07. The Morgan fingerprint density at radius 1 is 1.60 bits per heavy atom. The molecule has 0 N–H and O–H groups in total. The van der Waals surface area contributed by atoms with Crippen molar-refractivity contribution in [1.29, 1.82) is 0 Å². The van der Waals surface area contributed by atoms with E-state index in [1.54, 1.807) is 0 Å². The molecule has 1 aromatic heterocycles. The quantitative estimate of drug-likeness (QED) is 0.784. The molecule has 1 saturated heterocycles. The summed E-state index contributed by atoms with van der Waals surface area (Å²) < 4.78 is 0. The lowest BCUT2D eigenvalue weighted by Gasteiger charge is -2.26. The van der Waals surface area contributed by atoms with Gasteiger partial charge in [-0.25, -0.2) is 4.98 Å². The van der Waals surface area contributed by atoms with Gasteiger partial charge >= 0.3 is 0 Å². The number of aromatic nitrogens is 1. The zero-order chi connectivity index (χ0) is 10.7. The molecule has 1 atom stereocenters. The molecule has 2 heterocycles. The van der Waals surface area contributed by atoms with E-state index >= 15 is 0 Å². The van der Waals surface area contributed by atoms with Crippen LogP contribution in [0.2, 0.25) is 0 Å². The van der Waals surface area contributed by atoms with E-state index in [0.717, 1.165) is 11.9 Å². The molecule has 0 spiro atoms. The van der Waals surface area contributed by atoms with Crippen molar-refractivity contribution in [1.82, 2.24) is 4.98 Å². The number of hydrogen-bond acceptors (Lipinski definition) is 2. The molecule has 1 fully saturated rings. The minimum Gasteiger partial charge on any atom is -0.353 e. The average Bonchev–Trinajstić information content (AvgIpc) is 2.67. The predicted molar refractivity (Wildman–Crippen MR) is 67.8 cm³/mol. The third-order valence-corrected chi connectivity index (χ3v) is 3.53. The zero-order valence-electron chi connectivity index (χ0n) is 9.12. The monoisotopic (exact) mass is 268 g/mol. The fraction of sp³-hybridized carbons (Fsp3) is 0.583. The highest BCUT2D eigenvalue weighted by atomic mass is 79.9. The number of anilines is 1. The highest BCUT2D eigenvalue weighted by Gasteiger charge is 2.25. The van der Waals surface area contributed by atoms with Crippen LogP contribution in [-0.2, 0) is 0 Å². The minimum absolute atomic E-state index is 0.679. The summed E-state index contributed by atoms with van der Waals surface area (Å²) in [5.74, 6) is 1.18. The number of alkyl halides is 1.